The van der Waals surface area contributed by atoms with Gasteiger partial charge in [-0.1, -0.05) is 117 Å². The van der Waals surface area contributed by atoms with Gasteiger partial charge in [0.25, 0.3) is 11.1 Å². The number of nitrogens with one attached hydrogen (secondary N) is 1. The molecule has 8 rings (SSSR count). The van der Waals surface area contributed by atoms with E-state index in [-0.39, 0.29) is 17.0 Å². The zero-order valence-corrected chi connectivity index (χ0v) is 34.8. The van der Waals surface area contributed by atoms with Crippen LogP contribution < -0.4 is 5.32 Å². The third kappa shape index (κ3) is 12.0. The molecule has 2 heterocycles. The monoisotopic (exact) mass is 858 g/mol. The van der Waals surface area contributed by atoms with Crippen molar-refractivity contribution in [3.05, 3.63) is 167 Å². The average Bonchev–Trinajstić information content (AvgIpc) is 3.95. The number of hydrogen-bond acceptors (Lipinski definition) is 3. The van der Waals surface area contributed by atoms with Crippen molar-refractivity contribution in [3.8, 4) is 0 Å². The molecule has 0 saturated carbocycles. The Bertz CT molecular complexity index is 2420. The second kappa shape index (κ2) is 20.1. The van der Waals surface area contributed by atoms with Gasteiger partial charge in [-0.3, -0.25) is 9.59 Å². The maximum atomic E-state index is 13.0. The zero-order chi connectivity index (χ0) is 43.7. The molecule has 2 aliphatic heterocycles. The molecule has 11 heteroatoms. The number of nitrogens with zero attached hydrogens (tertiary/aromatic N) is 1. The standard InChI is InChI=1S/C25H24F3NO.C17H21N.C8H4ClF3O/c1-17(22-11-5-7-19-6-2-3-10-23(19)22)14-18-12-13-29(16-18)24(30)20-8-4-9-21(15-20)25(26,27)28;1-13(11-14-9-10-18-12-14)16-8-4-6-15-5-2-3-7-17(15)16;9-7(13)5-2-1-3-6(4-5)8(10,11)12/h2-11,15,17-18H,12-14,16H2,1H3;2-8,13-14,18H,9-12H2,1H3;1-4H/t17-,18+;13-,14+;/m00./s1. The number of fused-ring (bicyclic) bond motifs is 2. The molecule has 0 radical (unpaired) electrons. The third-order valence-electron chi connectivity index (χ3n) is 11.7. The van der Waals surface area contributed by atoms with Crippen molar-refractivity contribution in [1.29, 1.82) is 0 Å². The molecule has 6 aromatic rings. The number of hydrogen-bond donors (Lipinski definition) is 1. The first kappa shape index (κ1) is 45.3. The lowest BCUT2D eigenvalue weighted by molar-refractivity contribution is -0.138. The minimum Gasteiger partial charge on any atom is -0.338 e. The molecule has 2 fully saturated rings. The minimum absolute atomic E-state index is 0.104. The molecule has 1 N–H and O–H groups in total. The Morgan fingerprint density at radius 1 is 0.639 bits per heavy atom. The van der Waals surface area contributed by atoms with Gasteiger partial charge in [0.15, 0.2) is 0 Å². The van der Waals surface area contributed by atoms with Crippen LogP contribution in [0.5, 0.6) is 0 Å². The first-order valence-corrected chi connectivity index (χ1v) is 21.0. The van der Waals surface area contributed by atoms with E-state index in [1.54, 1.807) is 4.90 Å². The summed E-state index contributed by atoms with van der Waals surface area (Å²) in [5.74, 6) is 1.87. The molecule has 61 heavy (non-hydrogen) atoms. The Hall–Kier alpha value is -5.19. The SMILES string of the molecule is C[C@@H](C[C@H]1CCN(C(=O)c2cccc(C(F)(F)F)c2)C1)c1cccc2ccccc12.C[C@@H](C[C@H]1CCNC1)c1cccc2ccccc12.O=C(Cl)c1cccc(C(F)(F)F)c1. The number of halogens is 7. The number of rotatable bonds is 8. The molecule has 320 valence electrons. The number of benzene rings is 6. The van der Waals surface area contributed by atoms with Gasteiger partial charge < -0.3 is 10.2 Å². The predicted octanol–water partition coefficient (Wildman–Crippen LogP) is 13.5. The van der Waals surface area contributed by atoms with Gasteiger partial charge in [-0.15, -0.1) is 0 Å². The van der Waals surface area contributed by atoms with E-state index in [1.165, 1.54) is 76.8 Å². The normalized spacial score (nSPS) is 17.6. The van der Waals surface area contributed by atoms with Gasteiger partial charge in [0, 0.05) is 24.2 Å². The number of alkyl halides is 6. The molecule has 0 aromatic heterocycles. The molecule has 4 nitrogen and oxygen atoms in total. The second-order valence-electron chi connectivity index (χ2n) is 16.1. The number of carbonyl (C=O) groups excluding carboxylic acids is 2. The van der Waals surface area contributed by atoms with Crippen LogP contribution in [0.4, 0.5) is 26.3 Å². The van der Waals surface area contributed by atoms with Crippen molar-refractivity contribution in [2.75, 3.05) is 26.2 Å². The summed E-state index contributed by atoms with van der Waals surface area (Å²) in [6.45, 7) is 8.16. The van der Waals surface area contributed by atoms with E-state index in [0.717, 1.165) is 49.1 Å². The van der Waals surface area contributed by atoms with E-state index in [4.69, 9.17) is 11.6 Å². The highest BCUT2D eigenvalue weighted by molar-refractivity contribution is 6.67. The van der Waals surface area contributed by atoms with Crippen LogP contribution in [0, 0.1) is 11.8 Å². The molecular formula is C50H49ClF6N2O2. The van der Waals surface area contributed by atoms with E-state index in [2.05, 4.69) is 92.0 Å². The number of amides is 1. The molecular weight excluding hydrogens is 810 g/mol. The van der Waals surface area contributed by atoms with Crippen LogP contribution in [0.15, 0.2) is 133 Å². The lowest BCUT2D eigenvalue weighted by atomic mass is 9.87. The third-order valence-corrected chi connectivity index (χ3v) is 11.9. The van der Waals surface area contributed by atoms with Crippen LogP contribution in [0.1, 0.15) is 94.3 Å². The Kier molecular flexibility index (Phi) is 15.0. The Labute approximate surface area is 357 Å². The lowest BCUT2D eigenvalue weighted by Gasteiger charge is -2.20. The van der Waals surface area contributed by atoms with Gasteiger partial charge >= 0.3 is 12.4 Å². The summed E-state index contributed by atoms with van der Waals surface area (Å²) >= 11 is 5.02. The second-order valence-corrected chi connectivity index (χ2v) is 16.4. The summed E-state index contributed by atoms with van der Waals surface area (Å²) < 4.78 is 75.1. The predicted molar refractivity (Wildman–Crippen MR) is 232 cm³/mol. The Morgan fingerprint density at radius 3 is 1.62 bits per heavy atom. The van der Waals surface area contributed by atoms with E-state index in [9.17, 15) is 35.9 Å². The summed E-state index contributed by atoms with van der Waals surface area (Å²) in [5.41, 5.74) is 1.10. The average molecular weight is 859 g/mol. The van der Waals surface area contributed by atoms with E-state index in [1.807, 2.05) is 12.1 Å². The summed E-state index contributed by atoms with van der Waals surface area (Å²) in [7, 11) is 0. The molecule has 0 spiro atoms. The molecule has 0 bridgehead atoms. The van der Waals surface area contributed by atoms with E-state index in [0.29, 0.717) is 30.8 Å². The molecule has 4 atom stereocenters. The number of likely N-dealkylation sites (tertiary alicyclic amines) is 1. The summed E-state index contributed by atoms with van der Waals surface area (Å²) in [4.78, 5) is 25.0. The number of carbonyl (C=O) groups is 2. The zero-order valence-electron chi connectivity index (χ0n) is 34.1. The fraction of sp³-hybridized carbons (Fsp3) is 0.320. The van der Waals surface area contributed by atoms with Crippen LogP contribution in [0.2, 0.25) is 0 Å². The van der Waals surface area contributed by atoms with Crippen LogP contribution in [0.3, 0.4) is 0 Å². The minimum atomic E-state index is -4.45. The van der Waals surface area contributed by atoms with Gasteiger partial charge in [-0.25, -0.2) is 0 Å². The van der Waals surface area contributed by atoms with Crippen LogP contribution in [-0.4, -0.2) is 42.2 Å². The largest absolute Gasteiger partial charge is 0.416 e. The topological polar surface area (TPSA) is 49.4 Å². The van der Waals surface area contributed by atoms with Crippen molar-refractivity contribution in [1.82, 2.24) is 10.2 Å². The van der Waals surface area contributed by atoms with Crippen molar-refractivity contribution in [2.24, 2.45) is 11.8 Å². The first-order valence-electron chi connectivity index (χ1n) is 20.6. The van der Waals surface area contributed by atoms with Gasteiger partial charge in [0.1, 0.15) is 0 Å². The molecule has 0 unspecified atom stereocenters. The fourth-order valence-corrected chi connectivity index (χ4v) is 8.69. The highest BCUT2D eigenvalue weighted by Gasteiger charge is 2.33. The van der Waals surface area contributed by atoms with Crippen molar-refractivity contribution >= 4 is 44.3 Å². The van der Waals surface area contributed by atoms with Gasteiger partial charge in [0.2, 0.25) is 0 Å². The highest BCUT2D eigenvalue weighted by atomic mass is 35.5. The Morgan fingerprint density at radius 2 is 1.11 bits per heavy atom. The maximum absolute atomic E-state index is 13.0. The summed E-state index contributed by atoms with van der Waals surface area (Å²) in [6, 6.07) is 38.8. The first-order chi connectivity index (χ1) is 29.1. The molecule has 1 amide bonds. The lowest BCUT2D eigenvalue weighted by Crippen LogP contribution is -2.29. The smallest absolute Gasteiger partial charge is 0.338 e. The molecule has 0 aliphatic carbocycles. The van der Waals surface area contributed by atoms with Gasteiger partial charge in [-0.05, 0) is 137 Å². The molecule has 6 aromatic carbocycles. The summed E-state index contributed by atoms with van der Waals surface area (Å²) in [5, 5.41) is 7.83. The van der Waals surface area contributed by atoms with Crippen LogP contribution in [-0.2, 0) is 12.4 Å². The van der Waals surface area contributed by atoms with Crippen LogP contribution in [0.25, 0.3) is 21.5 Å². The quantitative estimate of drug-likeness (QED) is 0.123. The maximum Gasteiger partial charge on any atom is 0.416 e. The fourth-order valence-electron chi connectivity index (χ4n) is 8.57. The Balaban J connectivity index is 0.000000170. The summed E-state index contributed by atoms with van der Waals surface area (Å²) in [6.07, 6.45) is -4.42. The van der Waals surface area contributed by atoms with Crippen LogP contribution >= 0.6 is 11.6 Å². The molecule has 2 saturated heterocycles. The van der Waals surface area contributed by atoms with Crippen molar-refractivity contribution < 1.29 is 35.9 Å². The van der Waals surface area contributed by atoms with Crippen molar-refractivity contribution in [2.45, 2.75) is 63.7 Å². The van der Waals surface area contributed by atoms with Gasteiger partial charge in [-0.2, -0.15) is 26.3 Å². The van der Waals surface area contributed by atoms with Crippen molar-refractivity contribution in [3.63, 3.8) is 0 Å². The van der Waals surface area contributed by atoms with E-state index >= 15 is 0 Å². The molecule has 2 aliphatic rings. The van der Waals surface area contributed by atoms with Gasteiger partial charge in [0.05, 0.1) is 11.1 Å². The van der Waals surface area contributed by atoms with E-state index < -0.39 is 28.7 Å². The highest BCUT2D eigenvalue weighted by Crippen LogP contribution is 2.35.